The predicted molar refractivity (Wildman–Crippen MR) is 134 cm³/mol. The van der Waals surface area contributed by atoms with E-state index in [1.54, 1.807) is 11.8 Å². The fraction of sp³-hybridized carbons (Fsp3) is 0.185. The summed E-state index contributed by atoms with van der Waals surface area (Å²) in [6.45, 7) is 2.13. The van der Waals surface area contributed by atoms with Crippen LogP contribution < -0.4 is 5.73 Å². The number of nitrogens with zero attached hydrogens (tertiary/aromatic N) is 3. The first-order chi connectivity index (χ1) is 16.6. The molecule has 3 atom stereocenters. The van der Waals surface area contributed by atoms with Gasteiger partial charge in [-0.25, -0.2) is 4.98 Å². The van der Waals surface area contributed by atoms with Crippen LogP contribution in [0.2, 0.25) is 5.02 Å². The van der Waals surface area contributed by atoms with Gasteiger partial charge in [-0.2, -0.15) is 5.26 Å². The number of thioether (sulfide) groups is 1. The summed E-state index contributed by atoms with van der Waals surface area (Å²) in [5.74, 6) is -0.129. The number of rotatable bonds is 3. The third-order valence-electron chi connectivity index (χ3n) is 6.75. The van der Waals surface area contributed by atoms with Crippen molar-refractivity contribution >= 4 is 34.4 Å². The van der Waals surface area contributed by atoms with E-state index >= 15 is 0 Å². The second kappa shape index (κ2) is 7.83. The number of aryl methyl sites for hydroxylation is 1. The molecule has 0 bridgehead atoms. The third-order valence-corrected chi connectivity index (χ3v) is 8.33. The molecule has 4 aromatic rings. The predicted octanol–water partition coefficient (Wildman–Crippen LogP) is 5.94. The average molecular weight is 485 g/mol. The van der Waals surface area contributed by atoms with Crippen molar-refractivity contribution in [1.29, 1.82) is 5.26 Å². The Morgan fingerprint density at radius 3 is 2.56 bits per heavy atom. The van der Waals surface area contributed by atoms with Crippen LogP contribution in [0.5, 0.6) is 0 Å². The molecular weight excluding hydrogens is 464 g/mol. The second-order valence-electron chi connectivity index (χ2n) is 8.52. The zero-order valence-electron chi connectivity index (χ0n) is 18.4. The highest BCUT2D eigenvalue weighted by Gasteiger charge is 2.60. The molecule has 0 fully saturated rings. The summed E-state index contributed by atoms with van der Waals surface area (Å²) >= 11 is 7.88. The Balaban J connectivity index is 1.65. The molecule has 2 N–H and O–H groups in total. The van der Waals surface area contributed by atoms with Gasteiger partial charge < -0.3 is 10.5 Å². The van der Waals surface area contributed by atoms with E-state index in [1.807, 2.05) is 48.5 Å². The number of allylic oxidation sites excluding steroid dienone is 1. The summed E-state index contributed by atoms with van der Waals surface area (Å²) in [5, 5.41) is 11.4. The number of nitriles is 1. The Bertz CT molecular complexity index is 1490. The van der Waals surface area contributed by atoms with Gasteiger partial charge in [0, 0.05) is 16.5 Å². The van der Waals surface area contributed by atoms with Gasteiger partial charge in [-0.05, 0) is 41.8 Å². The van der Waals surface area contributed by atoms with Crippen molar-refractivity contribution in [2.75, 3.05) is 0 Å². The summed E-state index contributed by atoms with van der Waals surface area (Å²) < 4.78 is 8.75. The number of para-hydroxylation sites is 2. The van der Waals surface area contributed by atoms with Gasteiger partial charge in [-0.1, -0.05) is 78.8 Å². The van der Waals surface area contributed by atoms with E-state index in [0.29, 0.717) is 10.6 Å². The van der Waals surface area contributed by atoms with Crippen LogP contribution in [0.1, 0.15) is 29.5 Å². The second-order valence-corrected chi connectivity index (χ2v) is 10.1. The normalized spacial score (nSPS) is 23.3. The summed E-state index contributed by atoms with van der Waals surface area (Å²) in [6, 6.07) is 26.5. The molecule has 168 valence electrons. The summed E-state index contributed by atoms with van der Waals surface area (Å²) in [7, 11) is 0. The summed E-state index contributed by atoms with van der Waals surface area (Å²) in [6.07, 6.45) is 0.950. The van der Waals surface area contributed by atoms with E-state index in [0.717, 1.165) is 33.7 Å². The first-order valence-corrected chi connectivity index (χ1v) is 12.4. The highest BCUT2D eigenvalue weighted by atomic mass is 35.5. The SMILES string of the molecule is CCc1ccc([C@@H]2C(C#N)=C(N)O[C@@]3(c4ccc(Cl)cc4)[C@@H]2Sc2nc4ccccc4n23)cc1. The van der Waals surface area contributed by atoms with E-state index in [-0.39, 0.29) is 17.1 Å². The lowest BCUT2D eigenvalue weighted by Crippen LogP contribution is -2.50. The van der Waals surface area contributed by atoms with E-state index in [2.05, 4.69) is 41.8 Å². The maximum atomic E-state index is 10.1. The topological polar surface area (TPSA) is 76.9 Å². The molecule has 0 aliphatic carbocycles. The van der Waals surface area contributed by atoms with Crippen LogP contribution in [0.3, 0.4) is 0 Å². The standard InChI is InChI=1S/C27H21ClN4OS/c1-2-16-7-9-17(10-8-16)23-20(15-29)25(30)33-27(18-11-13-19(28)14-12-18)24(23)34-26-31-21-5-3-4-6-22(21)32(26)27/h3-14,23-24H,2,30H2,1H3/t23-,24-,27+/m1/s1. The van der Waals surface area contributed by atoms with Gasteiger partial charge in [0.05, 0.1) is 21.9 Å². The van der Waals surface area contributed by atoms with Gasteiger partial charge in [0.2, 0.25) is 11.6 Å². The van der Waals surface area contributed by atoms with E-state index in [4.69, 9.17) is 27.1 Å². The molecule has 0 saturated heterocycles. The fourth-order valence-corrected chi connectivity index (χ4v) is 6.84. The number of benzene rings is 3. The van der Waals surface area contributed by atoms with Gasteiger partial charge in [-0.15, -0.1) is 0 Å². The third kappa shape index (κ3) is 2.91. The number of fused-ring (bicyclic) bond motifs is 5. The number of ether oxygens (including phenoxy) is 1. The molecule has 0 spiro atoms. The first kappa shape index (κ1) is 21.2. The smallest absolute Gasteiger partial charge is 0.230 e. The number of nitrogens with two attached hydrogens (primary N) is 1. The quantitative estimate of drug-likeness (QED) is 0.389. The molecule has 2 aliphatic rings. The fourth-order valence-electron chi connectivity index (χ4n) is 5.12. The van der Waals surface area contributed by atoms with Crippen molar-refractivity contribution in [3.63, 3.8) is 0 Å². The lowest BCUT2D eigenvalue weighted by molar-refractivity contribution is -0.0457. The molecule has 3 aromatic carbocycles. The number of imidazole rings is 1. The molecule has 6 rings (SSSR count). The van der Waals surface area contributed by atoms with Crippen molar-refractivity contribution in [2.45, 2.75) is 35.4 Å². The van der Waals surface area contributed by atoms with Crippen molar-refractivity contribution in [2.24, 2.45) is 5.73 Å². The first-order valence-electron chi connectivity index (χ1n) is 11.1. The monoisotopic (exact) mass is 484 g/mol. The number of hydrogen-bond acceptors (Lipinski definition) is 5. The van der Waals surface area contributed by atoms with Crippen LogP contribution in [0.15, 0.2) is 89.4 Å². The lowest BCUT2D eigenvalue weighted by atomic mass is 9.79. The van der Waals surface area contributed by atoms with Crippen LogP contribution >= 0.6 is 23.4 Å². The van der Waals surface area contributed by atoms with Crippen LogP contribution in [-0.4, -0.2) is 14.8 Å². The molecule has 2 aliphatic heterocycles. The Morgan fingerprint density at radius 2 is 1.85 bits per heavy atom. The van der Waals surface area contributed by atoms with E-state index < -0.39 is 5.72 Å². The van der Waals surface area contributed by atoms with E-state index in [9.17, 15) is 5.26 Å². The van der Waals surface area contributed by atoms with Crippen molar-refractivity contribution < 1.29 is 4.74 Å². The highest BCUT2D eigenvalue weighted by Crippen LogP contribution is 2.59. The molecule has 7 heteroatoms. The van der Waals surface area contributed by atoms with Crippen LogP contribution in [-0.2, 0) is 16.9 Å². The van der Waals surface area contributed by atoms with Gasteiger partial charge in [0.25, 0.3) is 0 Å². The molecule has 0 amide bonds. The molecule has 5 nitrogen and oxygen atoms in total. The molecule has 34 heavy (non-hydrogen) atoms. The molecule has 0 saturated carbocycles. The zero-order chi connectivity index (χ0) is 23.4. The van der Waals surface area contributed by atoms with Crippen molar-refractivity contribution in [1.82, 2.24) is 9.55 Å². The summed E-state index contributed by atoms with van der Waals surface area (Å²) in [4.78, 5) is 4.91. The maximum absolute atomic E-state index is 10.1. The molecular formula is C27H21ClN4OS. The Kier molecular flexibility index (Phi) is 4.87. The Hall–Kier alpha value is -3.40. The maximum Gasteiger partial charge on any atom is 0.230 e. The molecule has 0 unspecified atom stereocenters. The van der Waals surface area contributed by atoms with Crippen molar-refractivity contribution in [3.05, 3.63) is 106 Å². The average Bonchev–Trinajstić information content (AvgIpc) is 3.38. The largest absolute Gasteiger partial charge is 0.446 e. The van der Waals surface area contributed by atoms with Crippen molar-refractivity contribution in [3.8, 4) is 6.07 Å². The zero-order valence-corrected chi connectivity index (χ0v) is 20.0. The number of hydrogen-bond donors (Lipinski definition) is 1. The highest BCUT2D eigenvalue weighted by molar-refractivity contribution is 8.00. The lowest BCUT2D eigenvalue weighted by Gasteiger charge is -2.44. The molecule has 0 radical (unpaired) electrons. The van der Waals surface area contributed by atoms with Gasteiger partial charge >= 0.3 is 0 Å². The van der Waals surface area contributed by atoms with E-state index in [1.165, 1.54) is 5.56 Å². The van der Waals surface area contributed by atoms with Gasteiger partial charge in [0.15, 0.2) is 5.16 Å². The van der Waals surface area contributed by atoms with Gasteiger partial charge in [0.1, 0.15) is 6.07 Å². The minimum absolute atomic E-state index is 0.143. The molecule has 1 aromatic heterocycles. The van der Waals surface area contributed by atoms with Crippen LogP contribution in [0, 0.1) is 11.3 Å². The number of aromatic nitrogens is 2. The number of halogens is 1. The Morgan fingerprint density at radius 1 is 1.12 bits per heavy atom. The van der Waals surface area contributed by atoms with Crippen LogP contribution in [0.4, 0.5) is 0 Å². The minimum atomic E-state index is -0.987. The Labute approximate surface area is 206 Å². The minimum Gasteiger partial charge on any atom is -0.446 e. The van der Waals surface area contributed by atoms with Crippen LogP contribution in [0.25, 0.3) is 11.0 Å². The molecule has 3 heterocycles. The summed E-state index contributed by atoms with van der Waals surface area (Å²) in [5.41, 5.74) is 11.0. The van der Waals surface area contributed by atoms with Gasteiger partial charge in [-0.3, -0.25) is 4.57 Å².